The summed E-state index contributed by atoms with van der Waals surface area (Å²) in [5.74, 6) is -0.459. The van der Waals surface area contributed by atoms with Crippen molar-refractivity contribution in [1.29, 1.82) is 0 Å². The highest BCUT2D eigenvalue weighted by atomic mass is 127. The number of hydrogen-bond acceptors (Lipinski definition) is 7. The Morgan fingerprint density at radius 1 is 1.15 bits per heavy atom. The minimum absolute atomic E-state index is 0.307. The van der Waals surface area contributed by atoms with Gasteiger partial charge in [-0.3, -0.25) is 0 Å². The Morgan fingerprint density at radius 3 is 2.37 bits per heavy atom. The van der Waals surface area contributed by atoms with E-state index in [9.17, 15) is 4.79 Å². The zero-order valence-corrected chi connectivity index (χ0v) is 28.1. The molecule has 0 spiro atoms. The van der Waals surface area contributed by atoms with Crippen molar-refractivity contribution in [2.24, 2.45) is 0 Å². The molecule has 0 bridgehead atoms. The van der Waals surface area contributed by atoms with Crippen LogP contribution in [-0.4, -0.2) is 34.3 Å². The third-order valence-corrected chi connectivity index (χ3v) is 12.5. The van der Waals surface area contributed by atoms with Crippen LogP contribution in [0.2, 0.25) is 0 Å². The minimum atomic E-state index is -0.881. The Bertz CT molecular complexity index is 623. The number of halogens is 6. The average molecular weight is 1030 g/mol. The Balaban J connectivity index is 2.08. The molecular formula is C12H10Br2I4O5P2S2. The maximum Gasteiger partial charge on any atom is 0.340 e. The normalized spacial score (nSPS) is 24.5. The van der Waals surface area contributed by atoms with E-state index in [1.165, 1.54) is 23.3 Å². The van der Waals surface area contributed by atoms with Gasteiger partial charge in [-0.05, 0) is 100 Å². The fourth-order valence-corrected chi connectivity index (χ4v) is 8.77. The summed E-state index contributed by atoms with van der Waals surface area (Å²) in [7, 11) is 0. The van der Waals surface area contributed by atoms with Crippen LogP contribution >= 0.6 is 148 Å². The van der Waals surface area contributed by atoms with Gasteiger partial charge in [0.1, 0.15) is 17.0 Å². The van der Waals surface area contributed by atoms with Gasteiger partial charge in [-0.15, -0.1) is 0 Å². The fraction of sp³-hybridized carbons (Fsp3) is 0.417. The lowest BCUT2D eigenvalue weighted by Gasteiger charge is -2.26. The van der Waals surface area contributed by atoms with Crippen molar-refractivity contribution in [2.45, 2.75) is 21.7 Å². The first-order valence-corrected chi connectivity index (χ1v) is 25.0. The van der Waals surface area contributed by atoms with Crippen LogP contribution in [0.4, 0.5) is 0 Å². The van der Waals surface area contributed by atoms with Gasteiger partial charge in [0, 0.05) is 23.3 Å². The van der Waals surface area contributed by atoms with E-state index in [2.05, 4.69) is 120 Å². The second-order valence-electron chi connectivity index (χ2n) is 4.81. The summed E-state index contributed by atoms with van der Waals surface area (Å²) in [5.41, 5.74) is 0.461. The minimum Gasteiger partial charge on any atom is -0.429 e. The number of rotatable bonds is 9. The molecule has 0 N–H and O–H groups in total. The largest absolute Gasteiger partial charge is 0.429 e. The van der Waals surface area contributed by atoms with E-state index in [-0.39, 0.29) is 4.82 Å². The number of hydrogen-bond donors (Lipinski definition) is 0. The van der Waals surface area contributed by atoms with Crippen molar-refractivity contribution >= 4 is 154 Å². The molecule has 5 nitrogen and oxygen atoms in total. The highest BCUT2D eigenvalue weighted by molar-refractivity contribution is 14.3. The number of benzene rings is 1. The summed E-state index contributed by atoms with van der Waals surface area (Å²) in [4.78, 5) is 12.4. The van der Waals surface area contributed by atoms with Gasteiger partial charge in [-0.2, -0.15) is 0 Å². The van der Waals surface area contributed by atoms with Gasteiger partial charge in [0.25, 0.3) is 0 Å². The fourth-order valence-electron chi connectivity index (χ4n) is 2.02. The van der Waals surface area contributed by atoms with Gasteiger partial charge in [0.05, 0.1) is 12.2 Å². The molecule has 0 radical (unpaired) electrons. The molecule has 1 aromatic carbocycles. The number of esters is 1. The molecule has 1 heterocycles. The SMILES string of the molecule is O=C(OC1O[C@H](COSP(I)I)[C@@H](OSP(I)I)C1(Br)Br)c1ccccc1. The maximum atomic E-state index is 12.4. The third kappa shape index (κ3) is 9.05. The molecule has 1 unspecified atom stereocenters. The van der Waals surface area contributed by atoms with Crippen LogP contribution < -0.4 is 0 Å². The van der Waals surface area contributed by atoms with E-state index < -0.39 is 27.7 Å². The van der Waals surface area contributed by atoms with Crippen LogP contribution in [0.3, 0.4) is 0 Å². The van der Waals surface area contributed by atoms with Gasteiger partial charge >= 0.3 is 5.97 Å². The molecular weight excluding hydrogens is 1020 g/mol. The second-order valence-corrected chi connectivity index (χ2v) is 43.6. The summed E-state index contributed by atoms with van der Waals surface area (Å²) in [5, 5.41) is 0. The molecule has 15 heteroatoms. The Kier molecular flexibility index (Phi) is 13.8. The summed E-state index contributed by atoms with van der Waals surface area (Å²) in [6.07, 6.45) is -1.69. The number of carbonyl (C=O) groups excluding carboxylic acids is 1. The Hall–Kier alpha value is 4.01. The first-order chi connectivity index (χ1) is 12.7. The molecule has 1 fully saturated rings. The topological polar surface area (TPSA) is 54.0 Å². The van der Waals surface area contributed by atoms with Gasteiger partial charge in [-0.25, -0.2) is 4.79 Å². The molecule has 3 atom stereocenters. The van der Waals surface area contributed by atoms with Crippen molar-refractivity contribution in [2.75, 3.05) is 6.61 Å². The summed E-state index contributed by atoms with van der Waals surface area (Å²) in [6, 6.07) is 8.81. The molecule has 0 aromatic heterocycles. The van der Waals surface area contributed by atoms with Crippen LogP contribution in [0.15, 0.2) is 30.3 Å². The van der Waals surface area contributed by atoms with Crippen molar-refractivity contribution in [3.8, 4) is 0 Å². The molecule has 0 aliphatic carbocycles. The lowest BCUT2D eigenvalue weighted by atomic mass is 10.2. The predicted octanol–water partition coefficient (Wildman–Crippen LogP) is 8.95. The number of alkyl halides is 2. The summed E-state index contributed by atoms with van der Waals surface area (Å²) in [6.45, 7) is 0.319. The molecule has 0 saturated carbocycles. The summed E-state index contributed by atoms with van der Waals surface area (Å²) >= 11 is 19.3. The molecule has 1 saturated heterocycles. The van der Waals surface area contributed by atoms with Crippen LogP contribution in [-0.2, 0) is 17.8 Å². The van der Waals surface area contributed by atoms with Gasteiger partial charge in [-0.1, -0.05) is 50.1 Å². The molecule has 27 heavy (non-hydrogen) atoms. The molecule has 1 aromatic rings. The monoisotopic (exact) mass is 1030 g/mol. The van der Waals surface area contributed by atoms with Crippen LogP contribution in [0.5, 0.6) is 0 Å². The molecule has 1 aliphatic rings. The molecule has 1 aliphatic heterocycles. The quantitative estimate of drug-likeness (QED) is 0.0806. The van der Waals surface area contributed by atoms with E-state index >= 15 is 0 Å². The zero-order valence-electron chi connectivity index (χ0n) is 12.8. The first-order valence-electron chi connectivity index (χ1n) is 6.87. The van der Waals surface area contributed by atoms with Gasteiger partial charge < -0.3 is 17.8 Å². The van der Waals surface area contributed by atoms with E-state index in [0.29, 0.717) is 12.2 Å². The van der Waals surface area contributed by atoms with E-state index in [0.717, 1.165) is 0 Å². The van der Waals surface area contributed by atoms with Crippen LogP contribution in [0, 0.1) is 0 Å². The highest BCUT2D eigenvalue weighted by Crippen LogP contribution is 2.67. The average Bonchev–Trinajstić information content (AvgIpc) is 2.83. The standard InChI is InChI=1S/C12H10Br2I4O5P2S2/c13-12(14)9(23-27-25(17)18)8(6-20-26-24(15)16)21-11(12)22-10(19)7-4-2-1-3-5-7/h1-5,8-9,11H,6H2/t8-,9-,11?/m1/s1. The lowest BCUT2D eigenvalue weighted by Crippen LogP contribution is -2.40. The number of ether oxygens (including phenoxy) is 2. The van der Waals surface area contributed by atoms with Crippen LogP contribution in [0.25, 0.3) is 0 Å². The predicted molar refractivity (Wildman–Crippen MR) is 157 cm³/mol. The Morgan fingerprint density at radius 2 is 1.78 bits per heavy atom. The van der Waals surface area contributed by atoms with Gasteiger partial charge in [0.2, 0.25) is 6.29 Å². The lowest BCUT2D eigenvalue weighted by molar-refractivity contribution is -0.111. The van der Waals surface area contributed by atoms with Crippen LogP contribution in [0.1, 0.15) is 10.4 Å². The highest BCUT2D eigenvalue weighted by Gasteiger charge is 2.57. The van der Waals surface area contributed by atoms with E-state index in [1.807, 2.05) is 6.07 Å². The summed E-state index contributed by atoms with van der Waals surface area (Å²) < 4.78 is 21.7. The molecule has 0 amide bonds. The van der Waals surface area contributed by atoms with E-state index in [1.54, 1.807) is 24.3 Å². The molecule has 152 valence electrons. The third-order valence-electron chi connectivity index (χ3n) is 3.10. The van der Waals surface area contributed by atoms with Gasteiger partial charge in [0.15, 0.2) is 3.23 Å². The Labute approximate surface area is 237 Å². The maximum absolute atomic E-state index is 12.4. The first kappa shape index (κ1) is 27.3. The molecule has 2 rings (SSSR count). The van der Waals surface area contributed by atoms with Crippen molar-refractivity contribution < 1.29 is 22.6 Å². The van der Waals surface area contributed by atoms with Crippen molar-refractivity contribution in [1.82, 2.24) is 0 Å². The van der Waals surface area contributed by atoms with Crippen molar-refractivity contribution in [3.05, 3.63) is 35.9 Å². The van der Waals surface area contributed by atoms with Crippen molar-refractivity contribution in [3.63, 3.8) is 0 Å². The number of carbonyl (C=O) groups is 1. The van der Waals surface area contributed by atoms with E-state index in [4.69, 9.17) is 17.8 Å². The zero-order chi connectivity index (χ0) is 20.0. The second kappa shape index (κ2) is 13.7. The smallest absolute Gasteiger partial charge is 0.340 e.